The molecule has 20 heavy (non-hydrogen) atoms. The lowest BCUT2D eigenvalue weighted by molar-refractivity contribution is 0.0966. The summed E-state index contributed by atoms with van der Waals surface area (Å²) < 4.78 is 11.1. The number of rotatable bonds is 8. The smallest absolute Gasteiger partial charge is 0.214 e. The summed E-state index contributed by atoms with van der Waals surface area (Å²) in [6.07, 6.45) is 2.23. The second kappa shape index (κ2) is 8.08. The molecule has 0 unspecified atom stereocenters. The second-order valence-electron chi connectivity index (χ2n) is 4.58. The van der Waals surface area contributed by atoms with Crippen molar-refractivity contribution in [1.82, 2.24) is 4.98 Å². The van der Waals surface area contributed by atoms with Gasteiger partial charge in [0.25, 0.3) is 0 Å². The molecule has 0 aliphatic rings. The standard InChI is InChI=1S/C16H20ClNO2/c1-2-3-8-19-9-10-20-16-11-13(12-17)14-6-4-5-7-15(14)18-16/h4-7,11H,2-3,8-10,12H2,1H3. The fourth-order valence-electron chi connectivity index (χ4n) is 1.96. The predicted octanol–water partition coefficient (Wildman–Crippen LogP) is 4.17. The molecule has 1 aromatic carbocycles. The van der Waals surface area contributed by atoms with Crippen molar-refractivity contribution >= 4 is 22.5 Å². The Bertz CT molecular complexity index is 545. The minimum absolute atomic E-state index is 0.451. The van der Waals surface area contributed by atoms with Crippen LogP contribution in [0.15, 0.2) is 30.3 Å². The number of benzene rings is 1. The molecule has 0 saturated heterocycles. The number of ether oxygens (including phenoxy) is 2. The van der Waals surface area contributed by atoms with E-state index in [0.717, 1.165) is 35.9 Å². The van der Waals surface area contributed by atoms with Crippen LogP contribution in [0.2, 0.25) is 0 Å². The molecule has 0 amide bonds. The summed E-state index contributed by atoms with van der Waals surface area (Å²) >= 11 is 5.99. The van der Waals surface area contributed by atoms with Crippen LogP contribution in [-0.2, 0) is 10.6 Å². The number of pyridine rings is 1. The van der Waals surface area contributed by atoms with Crippen LogP contribution in [0.3, 0.4) is 0 Å². The Morgan fingerprint density at radius 1 is 1.15 bits per heavy atom. The van der Waals surface area contributed by atoms with E-state index in [4.69, 9.17) is 21.1 Å². The zero-order valence-corrected chi connectivity index (χ0v) is 12.5. The summed E-state index contributed by atoms with van der Waals surface area (Å²) in [6, 6.07) is 9.85. The zero-order chi connectivity index (χ0) is 14.2. The van der Waals surface area contributed by atoms with Crippen LogP contribution in [-0.4, -0.2) is 24.8 Å². The SMILES string of the molecule is CCCCOCCOc1cc(CCl)c2ccccc2n1. The third-order valence-electron chi connectivity index (χ3n) is 3.04. The first-order valence-corrected chi connectivity index (χ1v) is 7.53. The third kappa shape index (κ3) is 4.09. The fraction of sp³-hybridized carbons (Fsp3) is 0.438. The van der Waals surface area contributed by atoms with Gasteiger partial charge in [-0.1, -0.05) is 31.5 Å². The first-order valence-electron chi connectivity index (χ1n) is 7.00. The maximum Gasteiger partial charge on any atom is 0.214 e. The van der Waals surface area contributed by atoms with Crippen LogP contribution >= 0.6 is 11.6 Å². The highest BCUT2D eigenvalue weighted by Gasteiger charge is 2.05. The van der Waals surface area contributed by atoms with Gasteiger partial charge in [-0.2, -0.15) is 0 Å². The molecule has 0 atom stereocenters. The van der Waals surface area contributed by atoms with Crippen molar-refractivity contribution in [3.8, 4) is 5.88 Å². The Labute approximate surface area is 124 Å². The van der Waals surface area contributed by atoms with Crippen molar-refractivity contribution in [2.24, 2.45) is 0 Å². The number of nitrogens with zero attached hydrogens (tertiary/aromatic N) is 1. The number of aromatic nitrogens is 1. The average molecular weight is 294 g/mol. The molecule has 2 rings (SSSR count). The Balaban J connectivity index is 1.96. The van der Waals surface area contributed by atoms with Crippen LogP contribution < -0.4 is 4.74 Å². The second-order valence-corrected chi connectivity index (χ2v) is 4.85. The van der Waals surface area contributed by atoms with Crippen molar-refractivity contribution in [3.05, 3.63) is 35.9 Å². The van der Waals surface area contributed by atoms with E-state index in [1.165, 1.54) is 0 Å². The lowest BCUT2D eigenvalue weighted by Crippen LogP contribution is -2.08. The highest BCUT2D eigenvalue weighted by Crippen LogP contribution is 2.23. The van der Waals surface area contributed by atoms with E-state index in [2.05, 4.69) is 11.9 Å². The number of hydrogen-bond acceptors (Lipinski definition) is 3. The molecule has 0 radical (unpaired) electrons. The molecule has 2 aromatic rings. The largest absolute Gasteiger partial charge is 0.475 e. The highest BCUT2D eigenvalue weighted by atomic mass is 35.5. The van der Waals surface area contributed by atoms with E-state index in [1.807, 2.05) is 30.3 Å². The van der Waals surface area contributed by atoms with Gasteiger partial charge < -0.3 is 9.47 Å². The maximum atomic E-state index is 5.99. The van der Waals surface area contributed by atoms with Crippen molar-refractivity contribution in [3.63, 3.8) is 0 Å². The van der Waals surface area contributed by atoms with Gasteiger partial charge in [0, 0.05) is 23.9 Å². The van der Waals surface area contributed by atoms with Gasteiger partial charge >= 0.3 is 0 Å². The van der Waals surface area contributed by atoms with E-state index < -0.39 is 0 Å². The summed E-state index contributed by atoms with van der Waals surface area (Å²) in [7, 11) is 0. The predicted molar refractivity (Wildman–Crippen MR) is 82.5 cm³/mol. The lowest BCUT2D eigenvalue weighted by atomic mass is 10.1. The topological polar surface area (TPSA) is 31.4 Å². The zero-order valence-electron chi connectivity index (χ0n) is 11.8. The molecule has 0 aliphatic carbocycles. The Hall–Kier alpha value is -1.32. The average Bonchev–Trinajstić information content (AvgIpc) is 2.50. The first-order chi connectivity index (χ1) is 9.85. The van der Waals surface area contributed by atoms with Crippen molar-refractivity contribution < 1.29 is 9.47 Å². The van der Waals surface area contributed by atoms with Gasteiger partial charge in [-0.3, -0.25) is 0 Å². The van der Waals surface area contributed by atoms with Crippen LogP contribution in [0.1, 0.15) is 25.3 Å². The molecule has 108 valence electrons. The van der Waals surface area contributed by atoms with Gasteiger partial charge in [-0.25, -0.2) is 4.98 Å². The summed E-state index contributed by atoms with van der Waals surface area (Å²) in [4.78, 5) is 4.48. The van der Waals surface area contributed by atoms with Gasteiger partial charge in [0.15, 0.2) is 0 Å². The summed E-state index contributed by atoms with van der Waals surface area (Å²) in [6.45, 7) is 4.03. The molecule has 0 N–H and O–H groups in total. The third-order valence-corrected chi connectivity index (χ3v) is 3.33. The number of hydrogen-bond donors (Lipinski definition) is 0. The van der Waals surface area contributed by atoms with Crippen molar-refractivity contribution in [2.75, 3.05) is 19.8 Å². The van der Waals surface area contributed by atoms with E-state index in [0.29, 0.717) is 25.0 Å². The Morgan fingerprint density at radius 3 is 2.80 bits per heavy atom. The van der Waals surface area contributed by atoms with Crippen LogP contribution in [0.5, 0.6) is 5.88 Å². The molecule has 0 saturated carbocycles. The molecular weight excluding hydrogens is 274 g/mol. The Morgan fingerprint density at radius 2 is 2.00 bits per heavy atom. The normalized spacial score (nSPS) is 10.9. The minimum atomic E-state index is 0.451. The first kappa shape index (κ1) is 15.1. The Kier molecular flexibility index (Phi) is 6.09. The molecule has 1 heterocycles. The number of alkyl halides is 1. The van der Waals surface area contributed by atoms with Gasteiger partial charge in [0.1, 0.15) is 6.61 Å². The molecule has 1 aromatic heterocycles. The molecule has 4 heteroatoms. The quantitative estimate of drug-likeness (QED) is 0.541. The van der Waals surface area contributed by atoms with Gasteiger partial charge in [-0.15, -0.1) is 11.6 Å². The van der Waals surface area contributed by atoms with Crippen LogP contribution in [0.4, 0.5) is 0 Å². The number of halogens is 1. The van der Waals surface area contributed by atoms with Gasteiger partial charge in [0.05, 0.1) is 12.1 Å². The van der Waals surface area contributed by atoms with Crippen LogP contribution in [0, 0.1) is 0 Å². The minimum Gasteiger partial charge on any atom is -0.475 e. The van der Waals surface area contributed by atoms with E-state index in [9.17, 15) is 0 Å². The number of para-hydroxylation sites is 1. The van der Waals surface area contributed by atoms with E-state index >= 15 is 0 Å². The lowest BCUT2D eigenvalue weighted by Gasteiger charge is -2.09. The number of fused-ring (bicyclic) bond motifs is 1. The maximum absolute atomic E-state index is 5.99. The molecule has 0 aliphatic heterocycles. The van der Waals surface area contributed by atoms with E-state index in [-0.39, 0.29) is 0 Å². The van der Waals surface area contributed by atoms with E-state index in [1.54, 1.807) is 0 Å². The molecular formula is C16H20ClNO2. The summed E-state index contributed by atoms with van der Waals surface area (Å²) in [5, 5.41) is 1.08. The molecule has 0 bridgehead atoms. The van der Waals surface area contributed by atoms with Gasteiger partial charge in [0.2, 0.25) is 5.88 Å². The van der Waals surface area contributed by atoms with Crippen molar-refractivity contribution in [1.29, 1.82) is 0 Å². The fourth-order valence-corrected chi connectivity index (χ4v) is 2.18. The van der Waals surface area contributed by atoms with Gasteiger partial charge in [-0.05, 0) is 18.1 Å². The highest BCUT2D eigenvalue weighted by molar-refractivity contribution is 6.18. The van der Waals surface area contributed by atoms with Crippen molar-refractivity contribution in [2.45, 2.75) is 25.6 Å². The molecule has 0 fully saturated rings. The summed E-state index contributed by atoms with van der Waals surface area (Å²) in [5.74, 6) is 1.06. The molecule has 3 nitrogen and oxygen atoms in total. The number of unbranched alkanes of at least 4 members (excludes halogenated alkanes) is 1. The van der Waals surface area contributed by atoms with Crippen LogP contribution in [0.25, 0.3) is 10.9 Å². The monoisotopic (exact) mass is 293 g/mol. The molecule has 0 spiro atoms. The summed E-state index contributed by atoms with van der Waals surface area (Å²) in [5.41, 5.74) is 1.95.